The molecule has 0 aliphatic heterocycles. The zero-order valence-electron chi connectivity index (χ0n) is 11.4. The van der Waals surface area contributed by atoms with Crippen LogP contribution >= 0.6 is 0 Å². The molecule has 0 aliphatic rings. The van der Waals surface area contributed by atoms with Crippen molar-refractivity contribution >= 4 is 11.9 Å². The minimum atomic E-state index is -0.683. The van der Waals surface area contributed by atoms with Crippen molar-refractivity contribution in [3.63, 3.8) is 0 Å². The highest BCUT2D eigenvalue weighted by molar-refractivity contribution is 5.90. The maximum atomic E-state index is 12.5. The first-order chi connectivity index (χ1) is 10.2. The van der Waals surface area contributed by atoms with Crippen LogP contribution in [0.15, 0.2) is 47.8 Å². The monoisotopic (exact) mass is 284 g/mol. The number of aliphatic imine (C=N–C) groups is 1. The van der Waals surface area contributed by atoms with E-state index in [1.807, 2.05) is 30.3 Å². The van der Waals surface area contributed by atoms with E-state index in [2.05, 4.69) is 15.0 Å². The molecule has 2 rings (SSSR count). The lowest BCUT2D eigenvalue weighted by Gasteiger charge is -2.18. The number of aromatic amines is 1. The van der Waals surface area contributed by atoms with E-state index in [0.717, 1.165) is 11.3 Å². The van der Waals surface area contributed by atoms with Gasteiger partial charge in [0.1, 0.15) is 0 Å². The number of carbonyl (C=O) groups excluding carboxylic acids is 2. The highest BCUT2D eigenvalue weighted by Crippen LogP contribution is 2.19. The van der Waals surface area contributed by atoms with Gasteiger partial charge in [-0.05, 0) is 5.56 Å². The highest BCUT2D eigenvalue weighted by atomic mass is 16.1. The molecule has 3 N–H and O–H groups in total. The third-order valence-electron chi connectivity index (χ3n) is 3.24. The summed E-state index contributed by atoms with van der Waals surface area (Å²) < 4.78 is 0. The molecule has 6 heteroatoms. The van der Waals surface area contributed by atoms with Gasteiger partial charge in [0.15, 0.2) is 5.78 Å². The Labute approximate surface area is 122 Å². The Morgan fingerprint density at radius 1 is 1.38 bits per heavy atom. The van der Waals surface area contributed by atoms with Crippen molar-refractivity contribution < 1.29 is 9.59 Å². The molecule has 1 aromatic heterocycles. The standard InChI is InChI=1S/C15H16N4O2/c16-14(6-12-7-17-9-19-12)15(21)13(8-18-10-20)11-4-2-1-3-5-11/h1-5,7,9,13-14H,6,8,16H2,(H,17,19)/t13?,14-/m0/s1. The number of rotatable bonds is 7. The van der Waals surface area contributed by atoms with E-state index in [1.54, 1.807) is 6.20 Å². The predicted octanol–water partition coefficient (Wildman–Crippen LogP) is 0.968. The number of Topliss-reactive ketones (excluding diaryl/α,β-unsaturated/α-hetero) is 1. The summed E-state index contributed by atoms with van der Waals surface area (Å²) in [6, 6.07) is 8.50. The summed E-state index contributed by atoms with van der Waals surface area (Å²) in [6.45, 7) is 0.0586. The third-order valence-corrected chi connectivity index (χ3v) is 3.24. The van der Waals surface area contributed by atoms with Crippen molar-refractivity contribution in [2.75, 3.05) is 6.54 Å². The number of carbonyl (C=O) groups is 1. The predicted molar refractivity (Wildman–Crippen MR) is 77.4 cm³/mol. The van der Waals surface area contributed by atoms with Crippen LogP contribution in [0.1, 0.15) is 17.2 Å². The summed E-state index contributed by atoms with van der Waals surface area (Å²) in [5.41, 5.74) is 7.57. The second kappa shape index (κ2) is 7.28. The molecule has 2 atom stereocenters. The Kier molecular flexibility index (Phi) is 5.15. The second-order valence-corrected chi connectivity index (χ2v) is 4.69. The van der Waals surface area contributed by atoms with Crippen LogP contribution in [-0.2, 0) is 16.0 Å². The first-order valence-corrected chi connectivity index (χ1v) is 6.57. The van der Waals surface area contributed by atoms with Crippen LogP contribution in [0.4, 0.5) is 0 Å². The van der Waals surface area contributed by atoms with Gasteiger partial charge in [-0.1, -0.05) is 30.3 Å². The molecule has 1 heterocycles. The molecular formula is C15H16N4O2. The number of benzene rings is 1. The first-order valence-electron chi connectivity index (χ1n) is 6.57. The number of nitrogens with two attached hydrogens (primary N) is 1. The Morgan fingerprint density at radius 2 is 2.14 bits per heavy atom. The molecule has 0 spiro atoms. The van der Waals surface area contributed by atoms with Crippen molar-refractivity contribution in [1.82, 2.24) is 9.97 Å². The van der Waals surface area contributed by atoms with E-state index >= 15 is 0 Å². The number of hydrogen-bond donors (Lipinski definition) is 2. The van der Waals surface area contributed by atoms with Gasteiger partial charge < -0.3 is 10.7 Å². The highest BCUT2D eigenvalue weighted by Gasteiger charge is 2.26. The summed E-state index contributed by atoms with van der Waals surface area (Å²) in [4.78, 5) is 33.2. The average Bonchev–Trinajstić information content (AvgIpc) is 3.01. The fourth-order valence-corrected chi connectivity index (χ4v) is 2.17. The molecule has 108 valence electrons. The summed E-state index contributed by atoms with van der Waals surface area (Å²) >= 11 is 0. The molecule has 0 saturated heterocycles. The van der Waals surface area contributed by atoms with Gasteiger partial charge in [-0.25, -0.2) is 14.8 Å². The topological polar surface area (TPSA) is 101 Å². The molecule has 0 radical (unpaired) electrons. The van der Waals surface area contributed by atoms with E-state index in [-0.39, 0.29) is 12.3 Å². The number of isocyanates is 1. The fraction of sp³-hybridized carbons (Fsp3) is 0.267. The average molecular weight is 284 g/mol. The lowest BCUT2D eigenvalue weighted by Crippen LogP contribution is -2.37. The largest absolute Gasteiger partial charge is 0.348 e. The number of aromatic nitrogens is 2. The quantitative estimate of drug-likeness (QED) is 0.584. The van der Waals surface area contributed by atoms with E-state index < -0.39 is 12.0 Å². The minimum Gasteiger partial charge on any atom is -0.348 e. The van der Waals surface area contributed by atoms with Crippen LogP contribution in [0.3, 0.4) is 0 Å². The number of nitrogens with one attached hydrogen (secondary N) is 1. The maximum Gasteiger partial charge on any atom is 0.234 e. The molecule has 0 bridgehead atoms. The van der Waals surface area contributed by atoms with Crippen LogP contribution in [0.25, 0.3) is 0 Å². The number of imidazole rings is 1. The SMILES string of the molecule is N[C@@H](Cc1cnc[nH]1)C(=O)C(CN=C=O)c1ccccc1. The van der Waals surface area contributed by atoms with Crippen molar-refractivity contribution in [3.05, 3.63) is 54.1 Å². The lowest BCUT2D eigenvalue weighted by molar-refractivity contribution is -0.121. The van der Waals surface area contributed by atoms with Gasteiger partial charge in [0.05, 0.1) is 24.8 Å². The number of ketones is 1. The Hall–Kier alpha value is -2.56. The third kappa shape index (κ3) is 3.95. The first kappa shape index (κ1) is 14.8. The van der Waals surface area contributed by atoms with Gasteiger partial charge in [-0.2, -0.15) is 0 Å². The lowest BCUT2D eigenvalue weighted by atomic mass is 9.89. The van der Waals surface area contributed by atoms with E-state index in [9.17, 15) is 9.59 Å². The van der Waals surface area contributed by atoms with Crippen LogP contribution in [0.5, 0.6) is 0 Å². The fourth-order valence-electron chi connectivity index (χ4n) is 2.17. The maximum absolute atomic E-state index is 12.5. The van der Waals surface area contributed by atoms with Gasteiger partial charge in [0.2, 0.25) is 6.08 Å². The van der Waals surface area contributed by atoms with Crippen LogP contribution in [-0.4, -0.2) is 34.4 Å². The Balaban J connectivity index is 2.15. The summed E-state index contributed by atoms with van der Waals surface area (Å²) in [6.07, 6.45) is 5.01. The van der Waals surface area contributed by atoms with Gasteiger partial charge in [0.25, 0.3) is 0 Å². The molecule has 6 nitrogen and oxygen atoms in total. The smallest absolute Gasteiger partial charge is 0.234 e. The van der Waals surface area contributed by atoms with Gasteiger partial charge in [-0.3, -0.25) is 4.79 Å². The number of H-pyrrole nitrogens is 1. The summed E-state index contributed by atoms with van der Waals surface area (Å²) in [7, 11) is 0. The number of nitrogens with zero attached hydrogens (tertiary/aromatic N) is 2. The van der Waals surface area contributed by atoms with Crippen LogP contribution < -0.4 is 5.73 Å². The van der Waals surface area contributed by atoms with Gasteiger partial charge in [-0.15, -0.1) is 0 Å². The van der Waals surface area contributed by atoms with Gasteiger partial charge >= 0.3 is 0 Å². The zero-order valence-corrected chi connectivity index (χ0v) is 11.4. The summed E-state index contributed by atoms with van der Waals surface area (Å²) in [5.74, 6) is -0.694. The summed E-state index contributed by atoms with van der Waals surface area (Å²) in [5, 5.41) is 0. The molecule has 21 heavy (non-hydrogen) atoms. The molecular weight excluding hydrogens is 268 g/mol. The molecule has 0 fully saturated rings. The van der Waals surface area contributed by atoms with E-state index in [0.29, 0.717) is 6.42 Å². The molecule has 1 unspecified atom stereocenters. The minimum absolute atomic E-state index is 0.0586. The molecule has 0 aliphatic carbocycles. The van der Waals surface area contributed by atoms with E-state index in [4.69, 9.17) is 5.73 Å². The van der Waals surface area contributed by atoms with Crippen LogP contribution in [0, 0.1) is 0 Å². The number of hydrogen-bond acceptors (Lipinski definition) is 5. The Bertz CT molecular complexity index is 618. The molecule has 1 aromatic carbocycles. The van der Waals surface area contributed by atoms with Crippen molar-refractivity contribution in [2.45, 2.75) is 18.4 Å². The van der Waals surface area contributed by atoms with Crippen molar-refractivity contribution in [3.8, 4) is 0 Å². The Morgan fingerprint density at radius 3 is 2.76 bits per heavy atom. The molecule has 0 saturated carbocycles. The normalized spacial score (nSPS) is 13.2. The van der Waals surface area contributed by atoms with Crippen molar-refractivity contribution in [1.29, 1.82) is 0 Å². The van der Waals surface area contributed by atoms with Crippen molar-refractivity contribution in [2.24, 2.45) is 10.7 Å². The zero-order chi connectivity index (χ0) is 15.1. The van der Waals surface area contributed by atoms with Crippen LogP contribution in [0.2, 0.25) is 0 Å². The molecule has 2 aromatic rings. The van der Waals surface area contributed by atoms with Gasteiger partial charge in [0, 0.05) is 18.3 Å². The molecule has 0 amide bonds. The van der Waals surface area contributed by atoms with E-state index in [1.165, 1.54) is 12.4 Å². The second-order valence-electron chi connectivity index (χ2n) is 4.69.